The van der Waals surface area contributed by atoms with E-state index in [1.54, 1.807) is 6.92 Å². The molecule has 1 aromatic carbocycles. The Morgan fingerprint density at radius 2 is 1.90 bits per heavy atom. The zero-order chi connectivity index (χ0) is 21.8. The molecule has 0 aliphatic carbocycles. The lowest BCUT2D eigenvalue weighted by Gasteiger charge is -2.34. The quantitative estimate of drug-likeness (QED) is 0.694. The van der Waals surface area contributed by atoms with Gasteiger partial charge in [-0.15, -0.1) is 11.3 Å². The summed E-state index contributed by atoms with van der Waals surface area (Å²) in [5, 5.41) is 5.39. The van der Waals surface area contributed by atoms with Gasteiger partial charge < -0.3 is 14.8 Å². The van der Waals surface area contributed by atoms with Crippen molar-refractivity contribution in [1.82, 2.24) is 4.90 Å². The summed E-state index contributed by atoms with van der Waals surface area (Å²) in [4.78, 5) is 27.6. The summed E-state index contributed by atoms with van der Waals surface area (Å²) >= 11 is 1.35. The van der Waals surface area contributed by atoms with Crippen LogP contribution in [0.25, 0.3) is 11.1 Å². The van der Waals surface area contributed by atoms with Gasteiger partial charge >= 0.3 is 5.97 Å². The van der Waals surface area contributed by atoms with Crippen LogP contribution in [-0.4, -0.2) is 55.2 Å². The van der Waals surface area contributed by atoms with Crippen LogP contribution in [0.2, 0.25) is 0 Å². The summed E-state index contributed by atoms with van der Waals surface area (Å²) in [7, 11) is 0. The Bertz CT molecular complexity index is 914. The number of thiophene rings is 1. The molecule has 2 aromatic rings. The second-order valence-electron chi connectivity index (χ2n) is 7.89. The van der Waals surface area contributed by atoms with Crippen LogP contribution in [0, 0.1) is 13.8 Å². The van der Waals surface area contributed by atoms with Crippen molar-refractivity contribution in [1.29, 1.82) is 0 Å². The summed E-state index contributed by atoms with van der Waals surface area (Å²) in [5.74, 6) is -0.562. The van der Waals surface area contributed by atoms with Gasteiger partial charge in [0.2, 0.25) is 5.91 Å². The molecule has 1 fully saturated rings. The molecular formula is C23H30N2O4S. The molecule has 30 heavy (non-hydrogen) atoms. The maximum atomic E-state index is 12.8. The van der Waals surface area contributed by atoms with Crippen molar-refractivity contribution in [3.63, 3.8) is 0 Å². The van der Waals surface area contributed by atoms with Gasteiger partial charge in [-0.05, 0) is 45.7 Å². The highest BCUT2D eigenvalue weighted by atomic mass is 32.1. The molecule has 0 bridgehead atoms. The summed E-state index contributed by atoms with van der Waals surface area (Å²) < 4.78 is 11.0. The third kappa shape index (κ3) is 5.28. The molecule has 2 atom stereocenters. The fourth-order valence-corrected chi connectivity index (χ4v) is 4.92. The van der Waals surface area contributed by atoms with E-state index in [-0.39, 0.29) is 31.3 Å². The van der Waals surface area contributed by atoms with Crippen molar-refractivity contribution in [3.8, 4) is 11.1 Å². The van der Waals surface area contributed by atoms with Gasteiger partial charge in [-0.25, -0.2) is 4.79 Å². The van der Waals surface area contributed by atoms with Crippen LogP contribution in [0.3, 0.4) is 0 Å². The molecule has 162 valence electrons. The van der Waals surface area contributed by atoms with Gasteiger partial charge in [0.25, 0.3) is 0 Å². The number of carbonyl (C=O) groups excluding carboxylic acids is 2. The van der Waals surface area contributed by atoms with Crippen molar-refractivity contribution in [2.75, 3.05) is 31.6 Å². The van der Waals surface area contributed by atoms with Crippen LogP contribution in [0.4, 0.5) is 5.00 Å². The van der Waals surface area contributed by atoms with E-state index in [2.05, 4.69) is 16.3 Å². The highest BCUT2D eigenvalue weighted by Crippen LogP contribution is 2.38. The van der Waals surface area contributed by atoms with Gasteiger partial charge in [-0.3, -0.25) is 9.69 Å². The molecule has 1 N–H and O–H groups in total. The van der Waals surface area contributed by atoms with Crippen LogP contribution in [-0.2, 0) is 14.3 Å². The van der Waals surface area contributed by atoms with E-state index in [4.69, 9.17) is 9.47 Å². The van der Waals surface area contributed by atoms with Gasteiger partial charge in [0.15, 0.2) is 0 Å². The number of esters is 1. The molecule has 1 saturated heterocycles. The van der Waals surface area contributed by atoms with E-state index < -0.39 is 5.97 Å². The van der Waals surface area contributed by atoms with E-state index in [9.17, 15) is 9.59 Å². The minimum Gasteiger partial charge on any atom is -0.462 e. The third-order valence-corrected chi connectivity index (χ3v) is 5.95. The van der Waals surface area contributed by atoms with Crippen LogP contribution in [0.1, 0.15) is 42.3 Å². The van der Waals surface area contributed by atoms with E-state index in [0.717, 1.165) is 22.3 Å². The second kappa shape index (κ2) is 9.73. The van der Waals surface area contributed by atoms with E-state index in [1.807, 2.05) is 45.2 Å². The van der Waals surface area contributed by atoms with Crippen molar-refractivity contribution < 1.29 is 19.1 Å². The molecule has 6 nitrogen and oxygen atoms in total. The number of anilines is 1. The zero-order valence-corrected chi connectivity index (χ0v) is 19.1. The molecule has 1 aliphatic heterocycles. The Labute approximate surface area is 182 Å². The van der Waals surface area contributed by atoms with Crippen molar-refractivity contribution in [2.24, 2.45) is 0 Å². The predicted octanol–water partition coefficient (Wildman–Crippen LogP) is 4.26. The first-order chi connectivity index (χ1) is 14.3. The zero-order valence-electron chi connectivity index (χ0n) is 18.3. The van der Waals surface area contributed by atoms with Gasteiger partial charge in [-0.1, -0.05) is 23.8 Å². The minimum atomic E-state index is -0.419. The van der Waals surface area contributed by atoms with Crippen molar-refractivity contribution in [3.05, 3.63) is 40.3 Å². The molecule has 7 heteroatoms. The number of carbonyl (C=O) groups is 2. The number of ether oxygens (including phenoxy) is 2. The monoisotopic (exact) mass is 430 g/mol. The topological polar surface area (TPSA) is 67.9 Å². The molecule has 2 heterocycles. The van der Waals surface area contributed by atoms with Crippen molar-refractivity contribution in [2.45, 2.75) is 46.8 Å². The van der Waals surface area contributed by atoms with Crippen molar-refractivity contribution >= 4 is 28.2 Å². The Balaban J connectivity index is 1.84. The molecule has 2 unspecified atom stereocenters. The number of benzene rings is 1. The highest BCUT2D eigenvalue weighted by Gasteiger charge is 2.26. The Hall–Kier alpha value is -2.22. The smallest absolute Gasteiger partial charge is 0.341 e. The first-order valence-electron chi connectivity index (χ1n) is 10.3. The lowest BCUT2D eigenvalue weighted by atomic mass is 9.97. The Kier molecular flexibility index (Phi) is 7.28. The average molecular weight is 431 g/mol. The molecule has 1 aromatic heterocycles. The molecule has 0 spiro atoms. The van der Waals surface area contributed by atoms with Gasteiger partial charge in [-0.2, -0.15) is 0 Å². The summed E-state index contributed by atoms with van der Waals surface area (Å²) in [6.07, 6.45) is 0.184. The minimum absolute atomic E-state index is 0.0921. The molecular weight excluding hydrogens is 400 g/mol. The summed E-state index contributed by atoms with van der Waals surface area (Å²) in [6, 6.07) is 6.12. The van der Waals surface area contributed by atoms with Gasteiger partial charge in [0.1, 0.15) is 10.6 Å². The Morgan fingerprint density at radius 1 is 1.20 bits per heavy atom. The number of amides is 1. The summed E-state index contributed by atoms with van der Waals surface area (Å²) in [5.41, 5.74) is 4.42. The maximum Gasteiger partial charge on any atom is 0.341 e. The predicted molar refractivity (Wildman–Crippen MR) is 120 cm³/mol. The lowest BCUT2D eigenvalue weighted by Crippen LogP contribution is -2.48. The first-order valence-corrected chi connectivity index (χ1v) is 11.2. The number of hydrogen-bond acceptors (Lipinski definition) is 6. The second-order valence-corrected chi connectivity index (χ2v) is 8.77. The maximum absolute atomic E-state index is 12.8. The average Bonchev–Trinajstić information content (AvgIpc) is 3.04. The van der Waals surface area contributed by atoms with E-state index in [1.165, 1.54) is 11.3 Å². The SMILES string of the molecule is CCOC(=O)c1c(-c2ccc(C)cc2C)csc1NC(=O)CN1CC(C)OC(C)C1. The number of morpholine rings is 1. The fourth-order valence-electron chi connectivity index (χ4n) is 3.95. The number of hydrogen-bond donors (Lipinski definition) is 1. The molecule has 0 saturated carbocycles. The molecule has 1 aliphatic rings. The highest BCUT2D eigenvalue weighted by molar-refractivity contribution is 7.15. The van der Waals surface area contributed by atoms with E-state index in [0.29, 0.717) is 23.7 Å². The third-order valence-electron chi connectivity index (χ3n) is 5.06. The van der Waals surface area contributed by atoms with Crippen LogP contribution in [0.15, 0.2) is 23.6 Å². The molecule has 0 radical (unpaired) electrons. The number of nitrogens with zero attached hydrogens (tertiary/aromatic N) is 1. The number of aryl methyl sites for hydroxylation is 2. The molecule has 1 amide bonds. The van der Waals surface area contributed by atoms with Gasteiger partial charge in [0, 0.05) is 24.0 Å². The largest absolute Gasteiger partial charge is 0.462 e. The number of rotatable bonds is 6. The summed E-state index contributed by atoms with van der Waals surface area (Å²) in [6.45, 7) is 11.8. The number of nitrogens with one attached hydrogen (secondary N) is 1. The molecule has 3 rings (SSSR count). The lowest BCUT2D eigenvalue weighted by molar-refractivity contribution is -0.121. The van der Waals surface area contributed by atoms with Gasteiger partial charge in [0.05, 0.1) is 25.4 Å². The standard InChI is InChI=1S/C23H30N2O4S/c1-6-28-23(27)21-19(18-8-7-14(2)9-15(18)3)13-30-22(21)24-20(26)12-25-10-16(4)29-17(5)11-25/h7-9,13,16-17H,6,10-12H2,1-5H3,(H,24,26). The Morgan fingerprint density at radius 3 is 2.53 bits per heavy atom. The van der Waals surface area contributed by atoms with Crippen LogP contribution in [0.5, 0.6) is 0 Å². The normalized spacial score (nSPS) is 19.5. The first kappa shape index (κ1) is 22.5. The van der Waals surface area contributed by atoms with E-state index >= 15 is 0 Å². The van der Waals surface area contributed by atoms with Crippen LogP contribution < -0.4 is 5.32 Å². The van der Waals surface area contributed by atoms with Crippen LogP contribution >= 0.6 is 11.3 Å². The fraction of sp³-hybridized carbons (Fsp3) is 0.478.